The van der Waals surface area contributed by atoms with Crippen molar-refractivity contribution in [2.45, 2.75) is 32.4 Å². The molecule has 0 bridgehead atoms. The van der Waals surface area contributed by atoms with Crippen molar-refractivity contribution in [3.05, 3.63) is 65.2 Å². The van der Waals surface area contributed by atoms with Gasteiger partial charge in [0.05, 0.1) is 20.8 Å². The average molecular weight is 351 g/mol. The van der Waals surface area contributed by atoms with Crippen LogP contribution in [0.25, 0.3) is 6.08 Å². The van der Waals surface area contributed by atoms with E-state index in [1.54, 1.807) is 20.3 Å². The van der Waals surface area contributed by atoms with Crippen LogP contribution in [0.4, 0.5) is 0 Å². The standard InChI is InChI=1S/C22H25NO3/c1-16-5-4-6-17(13-16)7-12-22(24)23(19-8-9-19)15-18-14-20(25-2)10-11-21(18)26-3/h4-7,10-14,19H,8-9,15H2,1-3H3/b12-7+. The number of carbonyl (C=O) groups excluding carboxylic acids is 1. The summed E-state index contributed by atoms with van der Waals surface area (Å²) in [4.78, 5) is 14.7. The quantitative estimate of drug-likeness (QED) is 0.701. The fourth-order valence-corrected chi connectivity index (χ4v) is 3.00. The van der Waals surface area contributed by atoms with Gasteiger partial charge in [0, 0.05) is 17.7 Å². The van der Waals surface area contributed by atoms with E-state index in [0.29, 0.717) is 12.6 Å². The Bertz CT molecular complexity index is 809. The Labute approximate surface area is 155 Å². The van der Waals surface area contributed by atoms with Gasteiger partial charge in [0.15, 0.2) is 0 Å². The van der Waals surface area contributed by atoms with Crippen molar-refractivity contribution in [2.24, 2.45) is 0 Å². The van der Waals surface area contributed by atoms with Crippen molar-refractivity contribution in [3.63, 3.8) is 0 Å². The van der Waals surface area contributed by atoms with E-state index in [0.717, 1.165) is 35.5 Å². The summed E-state index contributed by atoms with van der Waals surface area (Å²) >= 11 is 0. The van der Waals surface area contributed by atoms with E-state index in [2.05, 4.69) is 6.07 Å². The number of aryl methyl sites for hydroxylation is 1. The van der Waals surface area contributed by atoms with Crippen molar-refractivity contribution in [1.82, 2.24) is 4.90 Å². The lowest BCUT2D eigenvalue weighted by atomic mass is 10.1. The molecule has 0 heterocycles. The van der Waals surface area contributed by atoms with Gasteiger partial charge in [-0.2, -0.15) is 0 Å². The van der Waals surface area contributed by atoms with Gasteiger partial charge in [-0.05, 0) is 49.6 Å². The minimum atomic E-state index is 0.0267. The molecule has 0 atom stereocenters. The molecule has 2 aromatic rings. The van der Waals surface area contributed by atoms with Crippen LogP contribution in [0.2, 0.25) is 0 Å². The molecule has 2 aromatic carbocycles. The normalized spacial score (nSPS) is 13.7. The third-order valence-electron chi connectivity index (χ3n) is 4.56. The van der Waals surface area contributed by atoms with Gasteiger partial charge >= 0.3 is 0 Å². The molecule has 1 amide bonds. The van der Waals surface area contributed by atoms with E-state index in [4.69, 9.17) is 9.47 Å². The van der Waals surface area contributed by atoms with Gasteiger partial charge in [0.1, 0.15) is 11.5 Å². The maximum atomic E-state index is 12.8. The van der Waals surface area contributed by atoms with Crippen LogP contribution >= 0.6 is 0 Å². The summed E-state index contributed by atoms with van der Waals surface area (Å²) in [5.41, 5.74) is 3.17. The molecule has 4 nitrogen and oxygen atoms in total. The van der Waals surface area contributed by atoms with Crippen LogP contribution in [0.15, 0.2) is 48.5 Å². The molecule has 1 fully saturated rings. The first-order chi connectivity index (χ1) is 12.6. The Balaban J connectivity index is 1.78. The van der Waals surface area contributed by atoms with Gasteiger partial charge in [0.2, 0.25) is 5.91 Å². The van der Waals surface area contributed by atoms with E-state index in [9.17, 15) is 4.79 Å². The Kier molecular flexibility index (Phi) is 5.61. The zero-order valence-electron chi connectivity index (χ0n) is 15.6. The van der Waals surface area contributed by atoms with E-state index in [-0.39, 0.29) is 5.91 Å². The zero-order valence-corrected chi connectivity index (χ0v) is 15.6. The Hall–Kier alpha value is -2.75. The third-order valence-corrected chi connectivity index (χ3v) is 4.56. The molecule has 0 spiro atoms. The Morgan fingerprint density at radius 3 is 2.62 bits per heavy atom. The lowest BCUT2D eigenvalue weighted by molar-refractivity contribution is -0.127. The van der Waals surface area contributed by atoms with E-state index in [1.165, 1.54) is 5.56 Å². The summed E-state index contributed by atoms with van der Waals surface area (Å²) in [6, 6.07) is 14.1. The van der Waals surface area contributed by atoms with Gasteiger partial charge in [-0.3, -0.25) is 4.79 Å². The first-order valence-corrected chi connectivity index (χ1v) is 8.87. The summed E-state index contributed by atoms with van der Waals surface area (Å²) in [6.45, 7) is 2.56. The van der Waals surface area contributed by atoms with Crippen LogP contribution < -0.4 is 9.47 Å². The number of hydrogen-bond acceptors (Lipinski definition) is 3. The van der Waals surface area contributed by atoms with Crippen LogP contribution in [0, 0.1) is 6.92 Å². The Morgan fingerprint density at radius 1 is 1.15 bits per heavy atom. The summed E-state index contributed by atoms with van der Waals surface area (Å²) < 4.78 is 10.8. The molecule has 1 saturated carbocycles. The smallest absolute Gasteiger partial charge is 0.247 e. The number of rotatable bonds is 7. The summed E-state index contributed by atoms with van der Waals surface area (Å²) in [6.07, 6.45) is 5.65. The van der Waals surface area contributed by atoms with Crippen LogP contribution in [0.3, 0.4) is 0 Å². The van der Waals surface area contributed by atoms with Gasteiger partial charge < -0.3 is 14.4 Å². The molecule has 0 aliphatic heterocycles. The monoisotopic (exact) mass is 351 g/mol. The maximum Gasteiger partial charge on any atom is 0.247 e. The molecule has 26 heavy (non-hydrogen) atoms. The molecule has 4 heteroatoms. The molecule has 3 rings (SSSR count). The van der Waals surface area contributed by atoms with Crippen LogP contribution in [0.1, 0.15) is 29.5 Å². The number of methoxy groups -OCH3 is 2. The minimum absolute atomic E-state index is 0.0267. The van der Waals surface area contributed by atoms with E-state index in [1.807, 2.05) is 54.3 Å². The van der Waals surface area contributed by atoms with E-state index < -0.39 is 0 Å². The number of carbonyl (C=O) groups is 1. The molecule has 136 valence electrons. The lowest BCUT2D eigenvalue weighted by Gasteiger charge is -2.22. The van der Waals surface area contributed by atoms with Gasteiger partial charge in [-0.1, -0.05) is 29.8 Å². The fraction of sp³-hybridized carbons (Fsp3) is 0.318. The van der Waals surface area contributed by atoms with Crippen LogP contribution in [-0.4, -0.2) is 31.1 Å². The topological polar surface area (TPSA) is 38.8 Å². The second-order valence-corrected chi connectivity index (χ2v) is 6.62. The highest BCUT2D eigenvalue weighted by Gasteiger charge is 2.32. The first kappa shape index (κ1) is 18.1. The molecule has 0 radical (unpaired) electrons. The molecule has 0 saturated heterocycles. The van der Waals surface area contributed by atoms with Gasteiger partial charge in [-0.25, -0.2) is 0 Å². The molecular formula is C22H25NO3. The number of amides is 1. The summed E-state index contributed by atoms with van der Waals surface area (Å²) in [5, 5.41) is 0. The molecule has 0 aromatic heterocycles. The predicted molar refractivity (Wildman–Crippen MR) is 103 cm³/mol. The SMILES string of the molecule is COc1ccc(OC)c(CN(C(=O)/C=C/c2cccc(C)c2)C2CC2)c1. The first-order valence-electron chi connectivity index (χ1n) is 8.87. The predicted octanol–water partition coefficient (Wildman–Crippen LogP) is 4.22. The molecule has 1 aliphatic carbocycles. The fourth-order valence-electron chi connectivity index (χ4n) is 3.00. The average Bonchev–Trinajstić information content (AvgIpc) is 3.49. The maximum absolute atomic E-state index is 12.8. The van der Waals surface area contributed by atoms with Crippen LogP contribution in [0.5, 0.6) is 11.5 Å². The number of nitrogens with zero attached hydrogens (tertiary/aromatic N) is 1. The highest BCUT2D eigenvalue weighted by Crippen LogP contribution is 2.32. The number of hydrogen-bond donors (Lipinski definition) is 0. The third kappa shape index (κ3) is 4.45. The highest BCUT2D eigenvalue weighted by molar-refractivity contribution is 5.92. The molecule has 1 aliphatic rings. The molecular weight excluding hydrogens is 326 g/mol. The minimum Gasteiger partial charge on any atom is -0.497 e. The summed E-state index contributed by atoms with van der Waals surface area (Å²) in [5.74, 6) is 1.56. The number of ether oxygens (including phenoxy) is 2. The van der Waals surface area contributed by atoms with Gasteiger partial charge in [0.25, 0.3) is 0 Å². The summed E-state index contributed by atoms with van der Waals surface area (Å²) in [7, 11) is 3.28. The van der Waals surface area contributed by atoms with Crippen molar-refractivity contribution < 1.29 is 14.3 Å². The zero-order chi connectivity index (χ0) is 18.5. The largest absolute Gasteiger partial charge is 0.497 e. The second kappa shape index (κ2) is 8.09. The van der Waals surface area contributed by atoms with Crippen molar-refractivity contribution in [2.75, 3.05) is 14.2 Å². The molecule has 0 unspecified atom stereocenters. The molecule has 0 N–H and O–H groups in total. The lowest BCUT2D eigenvalue weighted by Crippen LogP contribution is -2.31. The van der Waals surface area contributed by atoms with Crippen LogP contribution in [-0.2, 0) is 11.3 Å². The van der Waals surface area contributed by atoms with Gasteiger partial charge in [-0.15, -0.1) is 0 Å². The number of benzene rings is 2. The van der Waals surface area contributed by atoms with Crippen molar-refractivity contribution in [3.8, 4) is 11.5 Å². The van der Waals surface area contributed by atoms with Crippen molar-refractivity contribution in [1.29, 1.82) is 0 Å². The van der Waals surface area contributed by atoms with E-state index >= 15 is 0 Å². The highest BCUT2D eigenvalue weighted by atomic mass is 16.5. The second-order valence-electron chi connectivity index (χ2n) is 6.62. The van der Waals surface area contributed by atoms with Crippen molar-refractivity contribution >= 4 is 12.0 Å². The Morgan fingerprint density at radius 2 is 1.96 bits per heavy atom.